The molecule has 2 heterocycles. The van der Waals surface area contributed by atoms with Crippen LogP contribution in [0.15, 0.2) is 120 Å². The number of carbonyl (C=O) groups excluding carboxylic acids is 4. The number of ether oxygens (including phenoxy) is 1. The topological polar surface area (TPSA) is 396 Å². The number of carbonyl (C=O) groups is 4. The number of urea groups is 1. The summed E-state index contributed by atoms with van der Waals surface area (Å²) in [5.74, 6) is -1.86. The number of carboxylic acids is 2. The number of hydrogen-bond donors (Lipinski definition) is 5. The van der Waals surface area contributed by atoms with E-state index in [0.29, 0.717) is 56.7 Å². The molecule has 6 rings (SSSR count). The van der Waals surface area contributed by atoms with E-state index >= 15 is 0 Å². The predicted octanol–water partition coefficient (Wildman–Crippen LogP) is 6.44. The molecule has 0 spiro atoms. The molecular weight excluding hydrogens is 1220 g/mol. The fourth-order valence-electron chi connectivity index (χ4n) is 10.2. The lowest BCUT2D eigenvalue weighted by Gasteiger charge is -2.27. The lowest BCUT2D eigenvalue weighted by Crippen LogP contribution is -2.46. The number of benzene rings is 3. The molecule has 87 heavy (non-hydrogen) atoms. The van der Waals surface area contributed by atoms with Crippen LogP contribution in [0, 0.1) is 0 Å². The zero-order valence-electron chi connectivity index (χ0n) is 48.5. The first kappa shape index (κ1) is 73.5. The maximum absolute atomic E-state index is 12.9. The highest BCUT2D eigenvalue weighted by molar-refractivity contribution is 7.85. The standard InChI is InChI=1S/C57H72N4O13S2.CO2.2O3S/c1-56(2)45-20-5-7-22-48(45)60(36-9-11-38-75(68,69)70)50(56)33-27-41-17-14-18-42(28-34-51-57(3,4)46-21-6-8-23-49(46)61(51)37-10-12-39-76(71,72)73)53(41)74-44-30-25-40(26-31-44)16-13-19-43(62)29-32-47(54(65)66)59-55(67)58-35-15-24-52(63)64;2-1-3;2*1-4(2)3/h5-8,20-23,25-28,30-31,33-34,47H,9-19,24,29,32,35-39H2,1-4H3,(H5-,58,59,63,64,65,66,67,68,69,70,71,72,73);;;/t47-;;;/m0.../s1. The van der Waals surface area contributed by atoms with Crippen LogP contribution in [0.1, 0.15) is 128 Å². The third-order valence-electron chi connectivity index (χ3n) is 14.3. The number of aliphatic carboxylic acids is 2. The minimum atomic E-state index is -4.34. The molecule has 0 unspecified atom stereocenters. The van der Waals surface area contributed by atoms with E-state index in [1.165, 1.54) is 0 Å². The highest BCUT2D eigenvalue weighted by Crippen LogP contribution is 2.48. The van der Waals surface area contributed by atoms with E-state index in [1.807, 2.05) is 48.5 Å². The van der Waals surface area contributed by atoms with Crippen molar-refractivity contribution in [3.63, 3.8) is 0 Å². The summed E-state index contributed by atoms with van der Waals surface area (Å²) in [6.45, 7) is 9.79. The summed E-state index contributed by atoms with van der Waals surface area (Å²) in [6, 6.07) is 22.0. The fourth-order valence-corrected chi connectivity index (χ4v) is 11.4. The number of nitrogens with zero attached hydrogens (tertiary/aromatic N) is 2. The van der Waals surface area contributed by atoms with E-state index in [1.54, 1.807) is 0 Å². The SMILES string of the molecule is CC1(C)C(=CC=C2CCCC(C=CC3=[N+](CCCCS(=O)(=O)O)c4ccccc4C3(C)C)=C2Oc2ccc(CCCC(=O)CC[C@H](NC(=O)NCCCC(=O)O)C(=O)O)cc2)N(CCCCS(=O)(=O)[O-])c2ccccc21.O=C=O.O=S(=O)=O.O=S(=O)=O. The number of allylic oxidation sites excluding steroid dienone is 7. The van der Waals surface area contributed by atoms with Gasteiger partial charge in [0.25, 0.3) is 10.1 Å². The van der Waals surface area contributed by atoms with Crippen LogP contribution in [0.4, 0.5) is 16.2 Å². The third-order valence-corrected chi connectivity index (χ3v) is 15.8. The smallest absolute Gasteiger partial charge is 0.425 e. The van der Waals surface area contributed by atoms with Gasteiger partial charge >= 0.3 is 45.3 Å². The Kier molecular flexibility index (Phi) is 29.7. The van der Waals surface area contributed by atoms with Gasteiger partial charge < -0.3 is 35.0 Å². The van der Waals surface area contributed by atoms with Gasteiger partial charge in [0.05, 0.1) is 21.3 Å². The van der Waals surface area contributed by atoms with E-state index in [-0.39, 0.29) is 62.8 Å². The van der Waals surface area contributed by atoms with Crippen molar-refractivity contribution < 1.29 is 99.5 Å². The number of fused-ring (bicyclic) bond motifs is 2. The van der Waals surface area contributed by atoms with Crippen molar-refractivity contribution in [1.29, 1.82) is 0 Å². The average Bonchev–Trinajstić information content (AvgIpc) is 1.65. The summed E-state index contributed by atoms with van der Waals surface area (Å²) in [5, 5.41) is 23.2. The van der Waals surface area contributed by atoms with E-state index in [2.05, 4.69) is 96.4 Å². The van der Waals surface area contributed by atoms with Gasteiger partial charge in [-0.1, -0.05) is 68.5 Å². The molecule has 0 bridgehead atoms. The number of carboxylic acid groups (broad SMARTS) is 2. The first-order valence-corrected chi connectivity index (χ1v) is 32.6. The molecule has 5 N–H and O–H groups in total. The number of ketones is 1. The molecule has 0 fully saturated rings. The van der Waals surface area contributed by atoms with Crippen LogP contribution in [0.25, 0.3) is 0 Å². The Labute approximate surface area is 508 Å². The summed E-state index contributed by atoms with van der Waals surface area (Å²) in [4.78, 5) is 66.0. The van der Waals surface area contributed by atoms with Crippen molar-refractivity contribution in [2.45, 2.75) is 134 Å². The molecule has 1 atom stereocenters. The van der Waals surface area contributed by atoms with E-state index < -0.39 is 82.0 Å². The number of rotatable bonds is 28. The van der Waals surface area contributed by atoms with Crippen molar-refractivity contribution in [3.8, 4) is 5.75 Å². The highest BCUT2D eigenvalue weighted by Gasteiger charge is 2.44. The number of anilines is 1. The molecule has 0 saturated carbocycles. The summed E-state index contributed by atoms with van der Waals surface area (Å²) in [7, 11) is -14.7. The summed E-state index contributed by atoms with van der Waals surface area (Å²) < 4.78 is 127. The summed E-state index contributed by atoms with van der Waals surface area (Å²) in [5.41, 5.74) is 8.51. The van der Waals surface area contributed by atoms with Gasteiger partial charge in [-0.3, -0.25) is 14.1 Å². The molecule has 3 aromatic carbocycles. The Morgan fingerprint density at radius 1 is 0.759 bits per heavy atom. The number of para-hydroxylation sites is 2. The van der Waals surface area contributed by atoms with Gasteiger partial charge in [-0.15, -0.1) is 25.3 Å². The van der Waals surface area contributed by atoms with Crippen LogP contribution >= 0.6 is 0 Å². The summed E-state index contributed by atoms with van der Waals surface area (Å²) >= 11 is 0. The molecular formula is C58H72N4O21S4. The van der Waals surface area contributed by atoms with Gasteiger partial charge in [0.2, 0.25) is 5.69 Å². The summed E-state index contributed by atoms with van der Waals surface area (Å²) in [6.07, 6.45) is 13.8. The molecule has 3 aromatic rings. The van der Waals surface area contributed by atoms with E-state index in [0.717, 1.165) is 69.9 Å². The van der Waals surface area contributed by atoms with Gasteiger partial charge in [0, 0.05) is 79.0 Å². The van der Waals surface area contributed by atoms with Crippen molar-refractivity contribution in [2.75, 3.05) is 36.0 Å². The average molecular weight is 1290 g/mol. The van der Waals surface area contributed by atoms with Crippen molar-refractivity contribution in [3.05, 3.63) is 136 Å². The number of nitrogens with one attached hydrogen (secondary N) is 2. The molecule has 25 nitrogen and oxygen atoms in total. The van der Waals surface area contributed by atoms with Gasteiger partial charge in [0.1, 0.15) is 29.9 Å². The Balaban J connectivity index is 0.00000166. The fraction of sp³-hybridized carbons (Fsp3) is 0.448. The molecule has 0 saturated heterocycles. The number of amides is 2. The van der Waals surface area contributed by atoms with E-state index in [9.17, 15) is 50.2 Å². The van der Waals surface area contributed by atoms with E-state index in [4.69, 9.17) is 44.7 Å². The lowest BCUT2D eigenvalue weighted by atomic mass is 9.81. The Morgan fingerprint density at radius 3 is 1.98 bits per heavy atom. The Bertz CT molecular complexity index is 3570. The molecule has 0 radical (unpaired) electrons. The number of unbranched alkanes of at least 4 members (excludes halogenated alkanes) is 2. The second kappa shape index (κ2) is 35.1. The van der Waals surface area contributed by atoms with Crippen LogP contribution in [-0.2, 0) is 82.7 Å². The maximum Gasteiger partial charge on any atom is 0.425 e. The predicted molar refractivity (Wildman–Crippen MR) is 315 cm³/mol. The molecule has 1 aliphatic carbocycles. The molecule has 474 valence electrons. The first-order chi connectivity index (χ1) is 40.8. The second-order valence-electron chi connectivity index (χ2n) is 21.2. The maximum atomic E-state index is 12.9. The normalized spacial score (nSPS) is 16.0. The minimum absolute atomic E-state index is 0.0440. The molecule has 29 heteroatoms. The van der Waals surface area contributed by atoms with Gasteiger partial charge in [-0.2, -0.15) is 22.6 Å². The quantitative estimate of drug-likeness (QED) is 0.0297. The number of Topliss-reactive ketones (excluding diaryl/α,β-unsaturated/α-hetero) is 1. The Morgan fingerprint density at radius 2 is 1.37 bits per heavy atom. The van der Waals surface area contributed by atoms with Gasteiger partial charge in [-0.05, 0) is 131 Å². The van der Waals surface area contributed by atoms with Crippen LogP contribution in [0.3, 0.4) is 0 Å². The van der Waals surface area contributed by atoms with Crippen LogP contribution in [0.5, 0.6) is 5.75 Å². The molecule has 2 amide bonds. The zero-order valence-corrected chi connectivity index (χ0v) is 51.7. The number of aryl methyl sites for hydroxylation is 1. The second-order valence-corrected chi connectivity index (χ2v) is 25.1. The van der Waals surface area contributed by atoms with Crippen LogP contribution in [0.2, 0.25) is 0 Å². The Hall–Kier alpha value is -7.79. The molecule has 2 aliphatic heterocycles. The zero-order chi connectivity index (χ0) is 65.1. The van der Waals surface area contributed by atoms with Crippen molar-refractivity contribution in [2.24, 2.45) is 0 Å². The molecule has 3 aliphatic rings. The lowest BCUT2D eigenvalue weighted by molar-refractivity contribution is -0.438. The first-order valence-electron chi connectivity index (χ1n) is 27.5. The van der Waals surface area contributed by atoms with Crippen LogP contribution < -0.4 is 20.3 Å². The minimum Gasteiger partial charge on any atom is -0.748 e. The van der Waals surface area contributed by atoms with Gasteiger partial charge in [-0.25, -0.2) is 18.0 Å². The third kappa shape index (κ3) is 25.2. The van der Waals surface area contributed by atoms with Gasteiger partial charge in [0.15, 0.2) is 5.71 Å². The number of hydrogen-bond acceptors (Lipinski definition) is 19. The molecule has 0 aromatic heterocycles. The highest BCUT2D eigenvalue weighted by atomic mass is 32.2. The monoisotopic (exact) mass is 1290 g/mol. The largest absolute Gasteiger partial charge is 0.748 e. The van der Waals surface area contributed by atoms with Crippen LogP contribution in [-0.4, -0.2) is 139 Å². The van der Waals surface area contributed by atoms with Crippen molar-refractivity contribution >= 4 is 88.4 Å². The van der Waals surface area contributed by atoms with Crippen molar-refractivity contribution in [1.82, 2.24) is 10.6 Å².